The van der Waals surface area contributed by atoms with Crippen LogP contribution in [0, 0.1) is 12.3 Å². The molecule has 1 heterocycles. The molecule has 0 aliphatic rings. The third-order valence-corrected chi connectivity index (χ3v) is 2.47. The molecular weight excluding hydrogens is 206 g/mol. The number of carbonyl (C=O) groups is 1. The highest BCUT2D eigenvalue weighted by atomic mass is 16.4. The molecule has 1 unspecified atom stereocenters. The lowest BCUT2D eigenvalue weighted by molar-refractivity contribution is -0.138. The second-order valence-electron chi connectivity index (χ2n) is 3.56. The molecule has 16 heavy (non-hydrogen) atoms. The highest BCUT2D eigenvalue weighted by molar-refractivity contribution is 5.69. The molecule has 0 radical (unpaired) electrons. The molecule has 0 aromatic carbocycles. The first kappa shape index (κ1) is 12.3. The Hall–Kier alpha value is -1.80. The van der Waals surface area contributed by atoms with Gasteiger partial charge in [-0.2, -0.15) is 5.10 Å². The van der Waals surface area contributed by atoms with Crippen LogP contribution in [-0.4, -0.2) is 38.8 Å². The third kappa shape index (κ3) is 2.84. The first-order chi connectivity index (χ1) is 7.56. The molecule has 5 heteroatoms. The second kappa shape index (κ2) is 5.33. The van der Waals surface area contributed by atoms with Crippen molar-refractivity contribution in [1.29, 1.82) is 0 Å². The smallest absolute Gasteiger partial charge is 0.317 e. The molecule has 0 amide bonds. The predicted molar refractivity (Wildman–Crippen MR) is 59.7 cm³/mol. The van der Waals surface area contributed by atoms with E-state index in [4.69, 9.17) is 11.5 Å². The maximum absolute atomic E-state index is 10.7. The molecule has 1 aromatic heterocycles. The van der Waals surface area contributed by atoms with Gasteiger partial charge in [-0.05, 0) is 13.0 Å². The van der Waals surface area contributed by atoms with Crippen molar-refractivity contribution in [2.45, 2.75) is 13.0 Å². The summed E-state index contributed by atoms with van der Waals surface area (Å²) in [4.78, 5) is 12.4. The fourth-order valence-electron chi connectivity index (χ4n) is 1.60. The summed E-state index contributed by atoms with van der Waals surface area (Å²) in [6.07, 6.45) is 6.91. The Labute approximate surface area is 94.7 Å². The van der Waals surface area contributed by atoms with Crippen LogP contribution >= 0.6 is 0 Å². The zero-order valence-electron chi connectivity index (χ0n) is 9.42. The summed E-state index contributed by atoms with van der Waals surface area (Å²) >= 11 is 0. The van der Waals surface area contributed by atoms with Crippen molar-refractivity contribution < 1.29 is 9.90 Å². The number of nitrogens with zero attached hydrogens (tertiary/aromatic N) is 3. The summed E-state index contributed by atoms with van der Waals surface area (Å²) in [5.41, 5.74) is 0.941. The number of hydrogen-bond donors (Lipinski definition) is 1. The first-order valence-corrected chi connectivity index (χ1v) is 4.93. The fraction of sp³-hybridized carbons (Fsp3) is 0.455. The molecule has 0 spiro atoms. The van der Waals surface area contributed by atoms with Gasteiger partial charge in [-0.3, -0.25) is 14.4 Å². The molecule has 0 saturated carbocycles. The molecule has 86 valence electrons. The van der Waals surface area contributed by atoms with E-state index in [9.17, 15) is 4.79 Å². The van der Waals surface area contributed by atoms with Crippen molar-refractivity contribution >= 4 is 5.97 Å². The van der Waals surface area contributed by atoms with Crippen LogP contribution in [0.3, 0.4) is 0 Å². The lowest BCUT2D eigenvalue weighted by Gasteiger charge is -2.25. The van der Waals surface area contributed by atoms with Crippen LogP contribution in [0.25, 0.3) is 0 Å². The maximum Gasteiger partial charge on any atom is 0.317 e. The van der Waals surface area contributed by atoms with E-state index >= 15 is 0 Å². The Bertz CT molecular complexity index is 406. The SMILES string of the molecule is C#CCN(CC(=O)O)C(C)c1ccnn1C. The molecule has 0 bridgehead atoms. The predicted octanol–water partition coefficient (Wildman–Crippen LogP) is 0.501. The summed E-state index contributed by atoms with van der Waals surface area (Å²) in [5, 5.41) is 12.8. The number of rotatable bonds is 5. The molecule has 1 aromatic rings. The molecule has 0 aliphatic carbocycles. The molecule has 0 aliphatic heterocycles. The minimum absolute atomic E-state index is 0.0698. The summed E-state index contributed by atoms with van der Waals surface area (Å²) < 4.78 is 1.72. The number of terminal acetylenes is 1. The van der Waals surface area contributed by atoms with Crippen LogP contribution in [0.1, 0.15) is 18.7 Å². The Morgan fingerprint density at radius 3 is 2.94 bits per heavy atom. The number of carboxylic acids is 1. The minimum Gasteiger partial charge on any atom is -0.480 e. The standard InChI is InChI=1S/C11H15N3O2/c1-4-7-14(8-11(15)16)9(2)10-5-6-12-13(10)3/h1,5-6,9H,7-8H2,2-3H3,(H,15,16). The van der Waals surface area contributed by atoms with Crippen LogP contribution in [0.4, 0.5) is 0 Å². The summed E-state index contributed by atoms with van der Waals surface area (Å²) in [6.45, 7) is 2.15. The van der Waals surface area contributed by atoms with Gasteiger partial charge in [0.1, 0.15) is 0 Å². The van der Waals surface area contributed by atoms with E-state index in [1.807, 2.05) is 20.0 Å². The van der Waals surface area contributed by atoms with E-state index in [-0.39, 0.29) is 12.6 Å². The highest BCUT2D eigenvalue weighted by Crippen LogP contribution is 2.18. The summed E-state index contributed by atoms with van der Waals surface area (Å²) in [5.74, 6) is 1.58. The van der Waals surface area contributed by atoms with Crippen molar-refractivity contribution in [2.24, 2.45) is 7.05 Å². The van der Waals surface area contributed by atoms with Gasteiger partial charge in [-0.1, -0.05) is 5.92 Å². The topological polar surface area (TPSA) is 58.4 Å². The van der Waals surface area contributed by atoms with Crippen molar-refractivity contribution in [1.82, 2.24) is 14.7 Å². The zero-order valence-corrected chi connectivity index (χ0v) is 9.42. The van der Waals surface area contributed by atoms with Gasteiger partial charge in [0, 0.05) is 13.2 Å². The van der Waals surface area contributed by atoms with Crippen molar-refractivity contribution in [3.05, 3.63) is 18.0 Å². The monoisotopic (exact) mass is 221 g/mol. The van der Waals surface area contributed by atoms with Crippen molar-refractivity contribution in [3.8, 4) is 12.3 Å². The quantitative estimate of drug-likeness (QED) is 0.736. The van der Waals surface area contributed by atoms with E-state index in [0.717, 1.165) is 5.69 Å². The van der Waals surface area contributed by atoms with Crippen molar-refractivity contribution in [3.63, 3.8) is 0 Å². The Kier molecular flexibility index (Phi) is 4.09. The summed E-state index contributed by atoms with van der Waals surface area (Å²) in [6, 6.07) is 1.79. The number of aliphatic carboxylic acids is 1. The Morgan fingerprint density at radius 2 is 2.50 bits per heavy atom. The normalized spacial score (nSPS) is 12.4. The zero-order chi connectivity index (χ0) is 12.1. The van der Waals surface area contributed by atoms with Crippen LogP contribution < -0.4 is 0 Å². The minimum atomic E-state index is -0.885. The molecule has 0 saturated heterocycles. The van der Waals surface area contributed by atoms with Gasteiger partial charge >= 0.3 is 5.97 Å². The van der Waals surface area contributed by atoms with Crippen molar-refractivity contribution in [2.75, 3.05) is 13.1 Å². The third-order valence-electron chi connectivity index (χ3n) is 2.47. The van der Waals surface area contributed by atoms with E-state index in [2.05, 4.69) is 11.0 Å². The molecule has 1 atom stereocenters. The van der Waals surface area contributed by atoms with Crippen LogP contribution in [0.5, 0.6) is 0 Å². The van der Waals surface area contributed by atoms with Gasteiger partial charge in [-0.15, -0.1) is 6.42 Å². The van der Waals surface area contributed by atoms with Crippen LogP contribution in [0.2, 0.25) is 0 Å². The van der Waals surface area contributed by atoms with Crippen LogP contribution in [0.15, 0.2) is 12.3 Å². The van der Waals surface area contributed by atoms with Gasteiger partial charge in [0.2, 0.25) is 0 Å². The maximum atomic E-state index is 10.7. The second-order valence-corrected chi connectivity index (χ2v) is 3.56. The average molecular weight is 221 g/mol. The van der Waals surface area contributed by atoms with Gasteiger partial charge < -0.3 is 5.11 Å². The van der Waals surface area contributed by atoms with E-state index in [1.54, 1.807) is 15.8 Å². The number of aromatic nitrogens is 2. The molecule has 0 fully saturated rings. The van der Waals surface area contributed by atoms with Gasteiger partial charge in [0.05, 0.1) is 24.8 Å². The molecule has 1 rings (SSSR count). The molecule has 5 nitrogen and oxygen atoms in total. The Morgan fingerprint density at radius 1 is 1.81 bits per heavy atom. The fourth-order valence-corrected chi connectivity index (χ4v) is 1.60. The van der Waals surface area contributed by atoms with Crippen LogP contribution in [-0.2, 0) is 11.8 Å². The number of carboxylic acid groups (broad SMARTS) is 1. The number of aryl methyl sites for hydroxylation is 1. The van der Waals surface area contributed by atoms with Gasteiger partial charge in [0.15, 0.2) is 0 Å². The summed E-state index contributed by atoms with van der Waals surface area (Å²) in [7, 11) is 1.82. The van der Waals surface area contributed by atoms with Gasteiger partial charge in [0.25, 0.3) is 0 Å². The van der Waals surface area contributed by atoms with Gasteiger partial charge in [-0.25, -0.2) is 0 Å². The molecular formula is C11H15N3O2. The van der Waals surface area contributed by atoms with E-state index < -0.39 is 5.97 Å². The highest BCUT2D eigenvalue weighted by Gasteiger charge is 2.19. The van der Waals surface area contributed by atoms with E-state index in [0.29, 0.717) is 6.54 Å². The van der Waals surface area contributed by atoms with E-state index in [1.165, 1.54) is 0 Å². The average Bonchev–Trinajstić information content (AvgIpc) is 2.62. The number of hydrogen-bond acceptors (Lipinski definition) is 3. The largest absolute Gasteiger partial charge is 0.480 e. The lowest BCUT2D eigenvalue weighted by Crippen LogP contribution is -2.33. The lowest BCUT2D eigenvalue weighted by atomic mass is 10.2. The molecule has 1 N–H and O–H groups in total. The Balaban J connectivity index is 2.83. The first-order valence-electron chi connectivity index (χ1n) is 4.93.